The Hall–Kier alpha value is -3.01. The van der Waals surface area contributed by atoms with E-state index in [9.17, 15) is 28.8 Å². The van der Waals surface area contributed by atoms with Crippen LogP contribution in [0.25, 0.3) is 0 Å². The summed E-state index contributed by atoms with van der Waals surface area (Å²) in [6.45, 7) is 3.22. The van der Waals surface area contributed by atoms with Gasteiger partial charge in [-0.25, -0.2) is 4.79 Å². The minimum atomic E-state index is -1.32. The number of amides is 3. The highest BCUT2D eigenvalue weighted by Gasteiger charge is 2.23. The number of carboxylic acid groups (broad SMARTS) is 1. The molecule has 16 heteroatoms. The van der Waals surface area contributed by atoms with Gasteiger partial charge in [-0.15, -0.1) is 12.4 Å². The summed E-state index contributed by atoms with van der Waals surface area (Å²) in [7, 11) is 1.31. The number of esters is 1. The number of carboxylic acids is 1. The third-order valence-corrected chi connectivity index (χ3v) is 2.91. The molecule has 0 rings (SSSR count). The van der Waals surface area contributed by atoms with Crippen LogP contribution >= 0.6 is 12.4 Å². The van der Waals surface area contributed by atoms with E-state index in [0.717, 1.165) is 0 Å². The van der Waals surface area contributed by atoms with Gasteiger partial charge in [-0.3, -0.25) is 29.7 Å². The van der Waals surface area contributed by atoms with Gasteiger partial charge in [-0.2, -0.15) is 0 Å². The van der Waals surface area contributed by atoms with E-state index >= 15 is 0 Å². The number of rotatable bonds is 11. The van der Waals surface area contributed by atoms with Crippen molar-refractivity contribution in [1.29, 1.82) is 0 Å². The van der Waals surface area contributed by atoms with Gasteiger partial charge in [0.15, 0.2) is 6.23 Å². The molecular formula is C16H33ClN6O9. The van der Waals surface area contributed by atoms with Gasteiger partial charge >= 0.3 is 11.9 Å². The predicted molar refractivity (Wildman–Crippen MR) is 113 cm³/mol. The maximum Gasteiger partial charge on any atom is 0.326 e. The zero-order valence-electron chi connectivity index (χ0n) is 18.0. The minimum absolute atomic E-state index is 0. The normalized spacial score (nSPS) is 12.8. The number of carbonyl (C=O) groups is 6. The lowest BCUT2D eigenvalue weighted by Crippen LogP contribution is -2.48. The van der Waals surface area contributed by atoms with E-state index < -0.39 is 54.5 Å². The molecule has 4 atom stereocenters. The fraction of sp³-hybridized carbons (Fsp3) is 0.625. The average molecular weight is 489 g/mol. The summed E-state index contributed by atoms with van der Waals surface area (Å²) in [5.41, 5.74) is 25.0. The fourth-order valence-corrected chi connectivity index (χ4v) is 1.31. The van der Waals surface area contributed by atoms with E-state index in [0.29, 0.717) is 0 Å². The van der Waals surface area contributed by atoms with E-state index in [2.05, 4.69) is 14.8 Å². The van der Waals surface area contributed by atoms with E-state index in [1.54, 1.807) is 6.92 Å². The van der Waals surface area contributed by atoms with E-state index in [1.807, 2.05) is 0 Å². The number of carbonyl (C=O) groups excluding carboxylic acids is 5. The third kappa shape index (κ3) is 25.0. The maximum absolute atomic E-state index is 11.0. The van der Waals surface area contributed by atoms with Crippen molar-refractivity contribution in [1.82, 2.24) is 5.32 Å². The summed E-state index contributed by atoms with van der Waals surface area (Å²) in [5, 5.41) is 10.7. The quantitative estimate of drug-likeness (QED) is 0.0843. The lowest BCUT2D eigenvalue weighted by atomic mass is 10.2. The van der Waals surface area contributed by atoms with Crippen LogP contribution in [-0.4, -0.2) is 72.7 Å². The highest BCUT2D eigenvalue weighted by molar-refractivity contribution is 5.89. The van der Waals surface area contributed by atoms with Crippen molar-refractivity contribution < 1.29 is 43.3 Å². The SMILES string of the molecule is COC(=O)[C@@H](C)N.C[C@@H](N)C(=O)N[C@@H](CC(N)=O)C(=O)O.Cl.NC(=O)CC[C@H](N)OC=O. The zero-order chi connectivity index (χ0) is 25.1. The van der Waals surface area contributed by atoms with Gasteiger partial charge in [0.1, 0.15) is 12.1 Å². The topological polar surface area (TPSA) is 283 Å². The molecule has 0 fully saturated rings. The first kappa shape index (κ1) is 36.4. The first-order valence-corrected chi connectivity index (χ1v) is 8.72. The molecule has 0 bridgehead atoms. The lowest BCUT2D eigenvalue weighted by molar-refractivity contribution is -0.143. The van der Waals surface area contributed by atoms with Crippen LogP contribution in [0.5, 0.6) is 0 Å². The van der Waals surface area contributed by atoms with Crippen LogP contribution in [0.15, 0.2) is 0 Å². The summed E-state index contributed by atoms with van der Waals surface area (Å²) < 4.78 is 8.53. The molecule has 0 aliphatic carbocycles. The minimum Gasteiger partial charge on any atom is -0.480 e. The van der Waals surface area contributed by atoms with Gasteiger partial charge in [-0.05, 0) is 13.8 Å². The molecule has 188 valence electrons. The summed E-state index contributed by atoms with van der Waals surface area (Å²) in [6, 6.07) is -2.64. The Bertz CT molecular complexity index is 605. The van der Waals surface area contributed by atoms with Gasteiger partial charge < -0.3 is 42.8 Å². The first-order valence-electron chi connectivity index (χ1n) is 8.72. The van der Waals surface area contributed by atoms with E-state index in [4.69, 9.17) is 33.8 Å². The van der Waals surface area contributed by atoms with Crippen LogP contribution in [-0.2, 0) is 38.2 Å². The lowest BCUT2D eigenvalue weighted by Gasteiger charge is -2.14. The molecule has 3 amide bonds. The number of nitrogens with two attached hydrogens (primary N) is 5. The molecule has 0 unspecified atom stereocenters. The van der Waals surface area contributed by atoms with Gasteiger partial charge in [-0.1, -0.05) is 0 Å². The molecule has 0 heterocycles. The number of hydrogen-bond acceptors (Lipinski definition) is 11. The smallest absolute Gasteiger partial charge is 0.326 e. The average Bonchev–Trinajstić information content (AvgIpc) is 2.65. The van der Waals surface area contributed by atoms with Crippen LogP contribution < -0.4 is 34.0 Å². The summed E-state index contributed by atoms with van der Waals surface area (Å²) in [5.74, 6) is -3.59. The number of aliphatic carboxylic acids is 1. The van der Waals surface area contributed by atoms with Gasteiger partial charge in [0.25, 0.3) is 6.47 Å². The number of primary amides is 2. The van der Waals surface area contributed by atoms with Gasteiger partial charge in [0, 0.05) is 12.8 Å². The van der Waals surface area contributed by atoms with Crippen LogP contribution in [0.1, 0.15) is 33.1 Å². The van der Waals surface area contributed by atoms with Crippen molar-refractivity contribution in [2.45, 2.75) is 57.5 Å². The molecule has 32 heavy (non-hydrogen) atoms. The molecule has 0 aliphatic heterocycles. The Morgan fingerprint density at radius 3 is 1.75 bits per heavy atom. The number of halogens is 1. The Morgan fingerprint density at radius 1 is 1.00 bits per heavy atom. The predicted octanol–water partition coefficient (Wildman–Crippen LogP) is -3.58. The Labute approximate surface area is 191 Å². The molecule has 0 radical (unpaired) electrons. The molecule has 0 spiro atoms. The summed E-state index contributed by atoms with van der Waals surface area (Å²) in [4.78, 5) is 61.9. The zero-order valence-corrected chi connectivity index (χ0v) is 18.8. The third-order valence-electron chi connectivity index (χ3n) is 2.91. The monoisotopic (exact) mass is 488 g/mol. The van der Waals surface area contributed by atoms with Gasteiger partial charge in [0.2, 0.25) is 17.7 Å². The van der Waals surface area contributed by atoms with Crippen molar-refractivity contribution >= 4 is 48.5 Å². The second-order valence-electron chi connectivity index (χ2n) is 5.95. The molecule has 15 nitrogen and oxygen atoms in total. The standard InChI is InChI=1S/C7H13N3O4.C5H10N2O3.C4H9NO2.ClH/c1-3(8)6(12)10-4(7(13)14)2-5(9)11;6-4(9)1-2-5(7)10-3-8;1-3(5)4(6)7-2;/h3-4H,2,8H2,1H3,(H2,9,11)(H,10,12)(H,13,14);3,5H,1-2,7H2,(H2,6,9);3H,5H2,1-2H3;1H/t3-,4+;5-;3-;/m111./s1. The van der Waals surface area contributed by atoms with E-state index in [-0.39, 0.29) is 37.7 Å². The second-order valence-corrected chi connectivity index (χ2v) is 5.95. The molecule has 0 aromatic carbocycles. The van der Waals surface area contributed by atoms with Crippen molar-refractivity contribution in [3.63, 3.8) is 0 Å². The fourth-order valence-electron chi connectivity index (χ4n) is 1.31. The number of methoxy groups -OCH3 is 1. The molecule has 0 aromatic heterocycles. The molecule has 12 N–H and O–H groups in total. The summed E-state index contributed by atoms with van der Waals surface area (Å²) in [6.07, 6.45) is -0.762. The highest BCUT2D eigenvalue weighted by Crippen LogP contribution is 1.93. The molecule has 0 aromatic rings. The number of nitrogens with one attached hydrogen (secondary N) is 1. The van der Waals surface area contributed by atoms with E-state index in [1.165, 1.54) is 14.0 Å². The van der Waals surface area contributed by atoms with Crippen LogP contribution in [0.2, 0.25) is 0 Å². The van der Waals surface area contributed by atoms with Gasteiger partial charge in [0.05, 0.1) is 19.6 Å². The first-order chi connectivity index (χ1) is 14.2. The molecule has 0 aliphatic rings. The molecular weight excluding hydrogens is 456 g/mol. The van der Waals surface area contributed by atoms with Crippen molar-refractivity contribution in [3.05, 3.63) is 0 Å². The summed E-state index contributed by atoms with van der Waals surface area (Å²) >= 11 is 0. The van der Waals surface area contributed by atoms with Crippen molar-refractivity contribution in [2.75, 3.05) is 7.11 Å². The second kappa shape index (κ2) is 21.2. The Kier molecular flexibility index (Phi) is 24.1. The van der Waals surface area contributed by atoms with Crippen LogP contribution in [0.3, 0.4) is 0 Å². The largest absolute Gasteiger partial charge is 0.480 e. The van der Waals surface area contributed by atoms with Crippen molar-refractivity contribution in [2.24, 2.45) is 28.7 Å². The Balaban J connectivity index is -0.000000192. The van der Waals surface area contributed by atoms with Crippen LogP contribution in [0.4, 0.5) is 0 Å². The highest BCUT2D eigenvalue weighted by atomic mass is 35.5. The Morgan fingerprint density at radius 2 is 1.50 bits per heavy atom. The maximum atomic E-state index is 11.0. The number of hydrogen-bond donors (Lipinski definition) is 7. The van der Waals surface area contributed by atoms with Crippen LogP contribution in [0, 0.1) is 0 Å². The molecule has 0 saturated carbocycles. The molecule has 0 saturated heterocycles. The van der Waals surface area contributed by atoms with Crippen molar-refractivity contribution in [3.8, 4) is 0 Å². The number of ether oxygens (including phenoxy) is 2.